The van der Waals surface area contributed by atoms with Crippen LogP contribution in [0.5, 0.6) is 11.5 Å². The maximum atomic E-state index is 11.9. The van der Waals surface area contributed by atoms with Gasteiger partial charge in [0, 0.05) is 22.8 Å². The van der Waals surface area contributed by atoms with Crippen molar-refractivity contribution in [3.05, 3.63) is 53.7 Å². The summed E-state index contributed by atoms with van der Waals surface area (Å²) in [5, 5.41) is 10.5. The summed E-state index contributed by atoms with van der Waals surface area (Å²) in [4.78, 5) is 11.9. The Balaban J connectivity index is 1.60. The monoisotopic (exact) mass is 391 g/mol. The van der Waals surface area contributed by atoms with Crippen molar-refractivity contribution < 1.29 is 19.4 Å². The van der Waals surface area contributed by atoms with Crippen LogP contribution in [0.2, 0.25) is 0 Å². The molecule has 2 aliphatic carbocycles. The highest BCUT2D eigenvalue weighted by molar-refractivity contribution is 6.05. The first-order valence-electron chi connectivity index (χ1n) is 10.2. The third kappa shape index (κ3) is 2.87. The number of carbonyl (C=O) groups is 1. The van der Waals surface area contributed by atoms with Crippen LogP contribution in [0.25, 0.3) is 16.6 Å². The minimum atomic E-state index is -0.913. The second-order valence-corrected chi connectivity index (χ2v) is 8.28. The Morgan fingerprint density at radius 2 is 1.93 bits per heavy atom. The number of carboxylic acid groups (broad SMARTS) is 1. The number of nitrogens with zero attached hydrogens (tertiary/aromatic N) is 1. The van der Waals surface area contributed by atoms with Crippen LogP contribution < -0.4 is 9.47 Å². The molecule has 3 aromatic rings. The molecule has 5 nitrogen and oxygen atoms in total. The fourth-order valence-corrected chi connectivity index (χ4v) is 5.36. The van der Waals surface area contributed by atoms with Gasteiger partial charge in [0.1, 0.15) is 6.10 Å². The normalized spacial score (nSPS) is 22.9. The van der Waals surface area contributed by atoms with Crippen LogP contribution in [0, 0.1) is 18.8 Å². The first-order chi connectivity index (χ1) is 14.1. The van der Waals surface area contributed by atoms with E-state index in [1.807, 2.05) is 54.0 Å². The SMILES string of the molecule is COc1ccc(-n2c(C)c(C(=O)O)c3ccccc32)cc1OC1CC2CCC1C2. The lowest BCUT2D eigenvalue weighted by molar-refractivity contribution is 0.0698. The molecule has 2 aliphatic rings. The summed E-state index contributed by atoms with van der Waals surface area (Å²) >= 11 is 0. The number of fused-ring (bicyclic) bond motifs is 3. The summed E-state index contributed by atoms with van der Waals surface area (Å²) in [5.74, 6) is 1.97. The summed E-state index contributed by atoms with van der Waals surface area (Å²) in [6, 6.07) is 13.5. The third-order valence-corrected chi connectivity index (χ3v) is 6.68. The minimum absolute atomic E-state index is 0.245. The topological polar surface area (TPSA) is 60.7 Å². The molecular formula is C24H25NO4. The minimum Gasteiger partial charge on any atom is -0.493 e. The number of rotatable bonds is 5. The van der Waals surface area contributed by atoms with E-state index in [4.69, 9.17) is 9.47 Å². The van der Waals surface area contributed by atoms with E-state index in [9.17, 15) is 9.90 Å². The van der Waals surface area contributed by atoms with Gasteiger partial charge in [-0.15, -0.1) is 0 Å². The zero-order chi connectivity index (χ0) is 20.1. The number of aromatic carboxylic acids is 1. The molecule has 0 saturated heterocycles. The number of ether oxygens (including phenoxy) is 2. The average Bonchev–Trinajstić information content (AvgIpc) is 3.40. The van der Waals surface area contributed by atoms with E-state index < -0.39 is 5.97 Å². The van der Waals surface area contributed by atoms with Gasteiger partial charge in [0.05, 0.1) is 18.2 Å². The number of aromatic nitrogens is 1. The second-order valence-electron chi connectivity index (χ2n) is 8.28. The van der Waals surface area contributed by atoms with Crippen molar-refractivity contribution >= 4 is 16.9 Å². The summed E-state index contributed by atoms with van der Waals surface area (Å²) in [7, 11) is 1.65. The van der Waals surface area contributed by atoms with Crippen molar-refractivity contribution in [2.45, 2.75) is 38.7 Å². The lowest BCUT2D eigenvalue weighted by atomic mass is 9.98. The van der Waals surface area contributed by atoms with Crippen molar-refractivity contribution in [3.8, 4) is 17.2 Å². The molecule has 1 aromatic heterocycles. The van der Waals surface area contributed by atoms with E-state index in [0.717, 1.165) is 34.7 Å². The van der Waals surface area contributed by atoms with Crippen molar-refractivity contribution in [2.75, 3.05) is 7.11 Å². The Morgan fingerprint density at radius 3 is 2.62 bits per heavy atom. The Morgan fingerprint density at radius 1 is 1.10 bits per heavy atom. The third-order valence-electron chi connectivity index (χ3n) is 6.68. The van der Waals surface area contributed by atoms with Crippen molar-refractivity contribution in [1.29, 1.82) is 0 Å². The van der Waals surface area contributed by atoms with Gasteiger partial charge in [-0.3, -0.25) is 0 Å². The van der Waals surface area contributed by atoms with E-state index in [0.29, 0.717) is 22.9 Å². The van der Waals surface area contributed by atoms with Crippen molar-refractivity contribution in [1.82, 2.24) is 4.57 Å². The van der Waals surface area contributed by atoms with Crippen molar-refractivity contribution in [2.24, 2.45) is 11.8 Å². The first kappa shape index (κ1) is 18.1. The predicted octanol–water partition coefficient (Wildman–Crippen LogP) is 5.21. The highest BCUT2D eigenvalue weighted by Gasteiger charge is 2.41. The first-order valence-corrected chi connectivity index (χ1v) is 10.2. The van der Waals surface area contributed by atoms with E-state index in [1.54, 1.807) is 7.11 Å². The van der Waals surface area contributed by atoms with Gasteiger partial charge in [-0.05, 0) is 62.6 Å². The number of para-hydroxylation sites is 1. The number of methoxy groups -OCH3 is 1. The largest absolute Gasteiger partial charge is 0.493 e. The number of benzene rings is 2. The molecule has 150 valence electrons. The van der Waals surface area contributed by atoms with Crippen LogP contribution in [0.1, 0.15) is 41.7 Å². The molecule has 1 heterocycles. The average molecular weight is 391 g/mol. The molecule has 0 aliphatic heterocycles. The lowest BCUT2D eigenvalue weighted by Gasteiger charge is -2.24. The van der Waals surface area contributed by atoms with E-state index in [-0.39, 0.29) is 6.10 Å². The van der Waals surface area contributed by atoms with Gasteiger partial charge >= 0.3 is 5.97 Å². The van der Waals surface area contributed by atoms with Gasteiger partial charge in [-0.25, -0.2) is 4.79 Å². The van der Waals surface area contributed by atoms with Crippen molar-refractivity contribution in [3.63, 3.8) is 0 Å². The van der Waals surface area contributed by atoms with Gasteiger partial charge < -0.3 is 19.1 Å². The lowest BCUT2D eigenvalue weighted by Crippen LogP contribution is -2.23. The molecule has 1 N–H and O–H groups in total. The maximum absolute atomic E-state index is 11.9. The zero-order valence-corrected chi connectivity index (χ0v) is 16.7. The van der Waals surface area contributed by atoms with E-state index >= 15 is 0 Å². The molecule has 5 rings (SSSR count). The van der Waals surface area contributed by atoms with Gasteiger partial charge in [-0.1, -0.05) is 18.2 Å². The molecule has 2 aromatic carbocycles. The Labute approximate surface area is 169 Å². The fourth-order valence-electron chi connectivity index (χ4n) is 5.36. The maximum Gasteiger partial charge on any atom is 0.338 e. The quantitative estimate of drug-likeness (QED) is 0.648. The molecule has 0 radical (unpaired) electrons. The Kier molecular flexibility index (Phi) is 4.26. The van der Waals surface area contributed by atoms with Crippen LogP contribution in [0.4, 0.5) is 0 Å². The van der Waals surface area contributed by atoms with E-state index in [1.165, 1.54) is 19.3 Å². The standard InChI is InChI=1S/C24H25NO4/c1-14-23(24(26)27)18-5-3-4-6-19(18)25(14)17-9-10-20(28-2)22(13-17)29-21-12-15-7-8-16(21)11-15/h3-6,9-10,13,15-16,21H,7-8,11-12H2,1-2H3,(H,26,27). The number of carboxylic acids is 1. The van der Waals surface area contributed by atoms with Gasteiger partial charge in [0.2, 0.25) is 0 Å². The van der Waals surface area contributed by atoms with Crippen LogP contribution in [-0.2, 0) is 0 Å². The summed E-state index contributed by atoms with van der Waals surface area (Å²) in [5.41, 5.74) is 2.80. The van der Waals surface area contributed by atoms with Gasteiger partial charge in [0.15, 0.2) is 11.5 Å². The molecule has 2 saturated carbocycles. The zero-order valence-electron chi connectivity index (χ0n) is 16.7. The molecule has 3 unspecified atom stereocenters. The summed E-state index contributed by atoms with van der Waals surface area (Å²) in [6.45, 7) is 1.85. The smallest absolute Gasteiger partial charge is 0.338 e. The van der Waals surface area contributed by atoms with Gasteiger partial charge in [-0.2, -0.15) is 0 Å². The fraction of sp³-hybridized carbons (Fsp3) is 0.375. The molecule has 2 bridgehead atoms. The van der Waals surface area contributed by atoms with Gasteiger partial charge in [0.25, 0.3) is 0 Å². The van der Waals surface area contributed by atoms with E-state index in [2.05, 4.69) is 0 Å². The Hall–Kier alpha value is -2.95. The highest BCUT2D eigenvalue weighted by Crippen LogP contribution is 2.47. The summed E-state index contributed by atoms with van der Waals surface area (Å²) in [6.07, 6.45) is 5.22. The number of hydrogen-bond donors (Lipinski definition) is 1. The molecule has 5 heteroatoms. The van der Waals surface area contributed by atoms with Crippen LogP contribution in [0.3, 0.4) is 0 Å². The summed E-state index contributed by atoms with van der Waals surface area (Å²) < 4.78 is 14.0. The van der Waals surface area contributed by atoms with Crippen LogP contribution in [-0.4, -0.2) is 28.9 Å². The Bertz CT molecular complexity index is 1100. The predicted molar refractivity (Wildman–Crippen MR) is 111 cm³/mol. The molecule has 29 heavy (non-hydrogen) atoms. The molecule has 0 spiro atoms. The molecular weight excluding hydrogens is 366 g/mol. The molecule has 2 fully saturated rings. The van der Waals surface area contributed by atoms with Crippen LogP contribution in [0.15, 0.2) is 42.5 Å². The second kappa shape index (κ2) is 6.83. The number of hydrogen-bond acceptors (Lipinski definition) is 3. The highest BCUT2D eigenvalue weighted by atomic mass is 16.5. The molecule has 3 atom stereocenters. The molecule has 0 amide bonds. The van der Waals surface area contributed by atoms with Crippen LogP contribution >= 0.6 is 0 Å².